The van der Waals surface area contributed by atoms with E-state index in [0.717, 1.165) is 10.4 Å². The van der Waals surface area contributed by atoms with Crippen molar-refractivity contribution in [3.8, 4) is 0 Å². The van der Waals surface area contributed by atoms with E-state index >= 15 is 0 Å². The van der Waals surface area contributed by atoms with Gasteiger partial charge >= 0.3 is 5.97 Å². The van der Waals surface area contributed by atoms with Gasteiger partial charge in [-0.15, -0.1) is 11.3 Å². The molecule has 1 atom stereocenters. The second-order valence-electron chi connectivity index (χ2n) is 6.51. The number of carbonyl (C=O) groups excluding carboxylic acids is 1. The van der Waals surface area contributed by atoms with Crippen LogP contribution in [0.5, 0.6) is 0 Å². The number of aryl methyl sites for hydroxylation is 2. The molecule has 0 amide bonds. The molecule has 1 aromatic carbocycles. The lowest BCUT2D eigenvalue weighted by atomic mass is 10.2. The van der Waals surface area contributed by atoms with Crippen molar-refractivity contribution in [1.29, 1.82) is 0 Å². The Kier molecular flexibility index (Phi) is 6.15. The Balaban J connectivity index is 1.61. The Morgan fingerprint density at radius 3 is 2.66 bits per heavy atom. The third kappa shape index (κ3) is 4.72. The lowest BCUT2D eigenvalue weighted by Gasteiger charge is -2.13. The molecule has 0 bridgehead atoms. The summed E-state index contributed by atoms with van der Waals surface area (Å²) in [6.45, 7) is 5.28. The number of fused-ring (bicyclic) bond motifs is 1. The zero-order chi connectivity index (χ0) is 21.2. The number of rotatable bonds is 7. The molecule has 10 heteroatoms. The Hall–Kier alpha value is -2.56. The van der Waals surface area contributed by atoms with E-state index in [9.17, 15) is 18.0 Å². The molecule has 29 heavy (non-hydrogen) atoms. The molecule has 8 nitrogen and oxygen atoms in total. The Bertz CT molecular complexity index is 1200. The number of sulfonamides is 1. The van der Waals surface area contributed by atoms with Crippen LogP contribution in [0.2, 0.25) is 0 Å². The van der Waals surface area contributed by atoms with Crippen molar-refractivity contribution in [1.82, 2.24) is 14.7 Å². The molecular weight excluding hydrogens is 414 g/mol. The molecule has 0 aliphatic rings. The average Bonchev–Trinajstić information content (AvgIpc) is 2.96. The van der Waals surface area contributed by atoms with Crippen LogP contribution >= 0.6 is 11.3 Å². The average molecular weight is 436 g/mol. The molecule has 2 heterocycles. The quantitative estimate of drug-likeness (QED) is 0.551. The summed E-state index contributed by atoms with van der Waals surface area (Å²) in [7, 11) is -3.68. The number of thiophene rings is 1. The second-order valence-corrected chi connectivity index (χ2v) is 9.48. The zero-order valence-corrected chi connectivity index (χ0v) is 17.8. The molecule has 0 fully saturated rings. The van der Waals surface area contributed by atoms with E-state index in [2.05, 4.69) is 14.7 Å². The molecule has 0 spiro atoms. The fourth-order valence-electron chi connectivity index (χ4n) is 2.75. The van der Waals surface area contributed by atoms with Crippen LogP contribution < -0.4 is 10.3 Å². The summed E-state index contributed by atoms with van der Waals surface area (Å²) in [5, 5.41) is 0.546. The van der Waals surface area contributed by atoms with Crippen molar-refractivity contribution >= 4 is 37.5 Å². The van der Waals surface area contributed by atoms with Gasteiger partial charge < -0.3 is 9.72 Å². The molecule has 3 aromatic rings. The number of hydrogen-bond donors (Lipinski definition) is 2. The maximum absolute atomic E-state index is 12.3. The number of aromatic nitrogens is 2. The topological polar surface area (TPSA) is 118 Å². The van der Waals surface area contributed by atoms with Gasteiger partial charge in [0.05, 0.1) is 16.7 Å². The predicted octanol–water partition coefficient (Wildman–Crippen LogP) is 2.57. The summed E-state index contributed by atoms with van der Waals surface area (Å²) in [6, 6.07) is 7.88. The fourth-order valence-corrected chi connectivity index (χ4v) is 4.84. The van der Waals surface area contributed by atoms with Gasteiger partial charge in [-0.1, -0.05) is 18.2 Å². The molecule has 2 aromatic heterocycles. The van der Waals surface area contributed by atoms with E-state index in [1.54, 1.807) is 25.1 Å². The van der Waals surface area contributed by atoms with E-state index in [1.165, 1.54) is 23.5 Å². The van der Waals surface area contributed by atoms with Gasteiger partial charge in [0.2, 0.25) is 10.0 Å². The van der Waals surface area contributed by atoms with Gasteiger partial charge in [-0.25, -0.2) is 18.1 Å². The van der Waals surface area contributed by atoms with Crippen LogP contribution in [-0.2, 0) is 19.6 Å². The van der Waals surface area contributed by atoms with Crippen LogP contribution in [0, 0.1) is 13.8 Å². The first-order valence-electron chi connectivity index (χ1n) is 8.93. The normalized spacial score (nSPS) is 12.8. The van der Waals surface area contributed by atoms with Crippen molar-refractivity contribution in [2.75, 3.05) is 6.54 Å². The number of esters is 1. The van der Waals surface area contributed by atoms with E-state index in [0.29, 0.717) is 10.2 Å². The number of nitrogens with one attached hydrogen (secondary N) is 2. The minimum atomic E-state index is -3.68. The van der Waals surface area contributed by atoms with Gasteiger partial charge in [0, 0.05) is 11.4 Å². The van der Waals surface area contributed by atoms with Crippen LogP contribution in [0.25, 0.3) is 10.2 Å². The van der Waals surface area contributed by atoms with Crippen LogP contribution in [0.1, 0.15) is 35.7 Å². The van der Waals surface area contributed by atoms with E-state index in [-0.39, 0.29) is 29.2 Å². The van der Waals surface area contributed by atoms with Gasteiger partial charge in [-0.05, 0) is 38.5 Å². The number of ether oxygens (including phenoxy) is 1. The fraction of sp³-hybridized carbons (Fsp3) is 0.316. The van der Waals surface area contributed by atoms with Gasteiger partial charge in [-0.2, -0.15) is 0 Å². The molecular formula is C19H21N3O5S2. The lowest BCUT2D eigenvalue weighted by molar-refractivity contribution is -0.148. The highest BCUT2D eigenvalue weighted by Crippen LogP contribution is 2.26. The number of carbonyl (C=O) groups is 1. The van der Waals surface area contributed by atoms with E-state index in [4.69, 9.17) is 4.74 Å². The van der Waals surface area contributed by atoms with Crippen molar-refractivity contribution in [2.45, 2.75) is 38.2 Å². The smallest absolute Gasteiger partial charge is 0.307 e. The van der Waals surface area contributed by atoms with Crippen molar-refractivity contribution in [3.63, 3.8) is 0 Å². The highest BCUT2D eigenvalue weighted by atomic mass is 32.2. The third-order valence-corrected chi connectivity index (χ3v) is 7.00. The summed E-state index contributed by atoms with van der Waals surface area (Å²) in [6.07, 6.45) is -0.923. The Morgan fingerprint density at radius 1 is 1.28 bits per heavy atom. The minimum absolute atomic E-state index is 0.102. The molecule has 3 rings (SSSR count). The molecule has 154 valence electrons. The molecule has 0 saturated heterocycles. The Labute approximate surface area is 172 Å². The van der Waals surface area contributed by atoms with Crippen molar-refractivity contribution in [3.05, 3.63) is 57.0 Å². The number of aromatic amines is 1. The molecule has 0 aliphatic carbocycles. The summed E-state index contributed by atoms with van der Waals surface area (Å²) in [5.74, 6) is -0.350. The van der Waals surface area contributed by atoms with Gasteiger partial charge in [0.1, 0.15) is 4.83 Å². The summed E-state index contributed by atoms with van der Waals surface area (Å²) < 4.78 is 31.9. The van der Waals surface area contributed by atoms with Crippen LogP contribution in [0.4, 0.5) is 0 Å². The van der Waals surface area contributed by atoms with Crippen LogP contribution in [-0.4, -0.2) is 30.9 Å². The van der Waals surface area contributed by atoms with Crippen molar-refractivity contribution < 1.29 is 17.9 Å². The van der Waals surface area contributed by atoms with Gasteiger partial charge in [0.15, 0.2) is 11.9 Å². The monoisotopic (exact) mass is 435 g/mol. The lowest BCUT2D eigenvalue weighted by Crippen LogP contribution is -2.27. The molecule has 0 radical (unpaired) electrons. The summed E-state index contributed by atoms with van der Waals surface area (Å²) in [4.78, 5) is 33.2. The molecule has 0 unspecified atom stereocenters. The number of nitrogens with zero attached hydrogens (tertiary/aromatic N) is 1. The molecule has 2 N–H and O–H groups in total. The zero-order valence-electron chi connectivity index (χ0n) is 16.2. The predicted molar refractivity (Wildman–Crippen MR) is 110 cm³/mol. The SMILES string of the molecule is Cc1sc2nc([C@H](C)OC(=O)CCNS(=O)(=O)c3ccccc3)[nH]c(=O)c2c1C. The van der Waals surface area contributed by atoms with E-state index in [1.807, 2.05) is 13.8 Å². The maximum atomic E-state index is 12.3. The number of hydrogen-bond acceptors (Lipinski definition) is 7. The maximum Gasteiger partial charge on any atom is 0.307 e. The first kappa shape index (κ1) is 21.2. The van der Waals surface area contributed by atoms with Crippen LogP contribution in [0.3, 0.4) is 0 Å². The highest BCUT2D eigenvalue weighted by Gasteiger charge is 2.19. The first-order chi connectivity index (χ1) is 13.7. The third-order valence-electron chi connectivity index (χ3n) is 4.43. The molecule has 0 saturated carbocycles. The molecule has 0 aliphatic heterocycles. The van der Waals surface area contributed by atoms with Crippen molar-refractivity contribution in [2.24, 2.45) is 0 Å². The summed E-state index contributed by atoms with van der Waals surface area (Å²) >= 11 is 1.41. The second kappa shape index (κ2) is 8.44. The summed E-state index contributed by atoms with van der Waals surface area (Å²) in [5.41, 5.74) is 0.617. The standard InChI is InChI=1S/C19H21N3O5S2/c1-11-13(3)28-19-16(11)18(24)21-17(22-19)12(2)27-15(23)9-10-20-29(25,26)14-7-5-4-6-8-14/h4-8,12,20H,9-10H2,1-3H3,(H,21,22,24)/t12-/m0/s1. The Morgan fingerprint density at radius 2 is 1.97 bits per heavy atom. The van der Waals surface area contributed by atoms with Gasteiger partial charge in [0.25, 0.3) is 5.56 Å². The van der Waals surface area contributed by atoms with Crippen LogP contribution in [0.15, 0.2) is 40.0 Å². The largest absolute Gasteiger partial charge is 0.454 e. The van der Waals surface area contributed by atoms with E-state index < -0.39 is 22.1 Å². The minimum Gasteiger partial charge on any atom is -0.454 e. The number of H-pyrrole nitrogens is 1. The number of benzene rings is 1. The van der Waals surface area contributed by atoms with Gasteiger partial charge in [-0.3, -0.25) is 9.59 Å². The first-order valence-corrected chi connectivity index (χ1v) is 11.2. The highest BCUT2D eigenvalue weighted by molar-refractivity contribution is 7.89.